The van der Waals surface area contributed by atoms with Crippen LogP contribution in [0.4, 0.5) is 0 Å². The van der Waals surface area contributed by atoms with Gasteiger partial charge < -0.3 is 4.43 Å². The SMILES string of the molecule is CC[Si](CC)(OCCc1ccc(CCCC2(C3C=CCCC3)C=CSC2)cc1)C(C)(C)C(C)C. The maximum absolute atomic E-state index is 6.80. The Morgan fingerprint density at radius 1 is 1.09 bits per heavy atom. The Morgan fingerprint density at radius 2 is 1.76 bits per heavy atom. The number of thioether (sulfide) groups is 1. The van der Waals surface area contributed by atoms with Crippen LogP contribution in [-0.4, -0.2) is 20.7 Å². The van der Waals surface area contributed by atoms with Gasteiger partial charge in [0.2, 0.25) is 0 Å². The van der Waals surface area contributed by atoms with E-state index in [2.05, 4.69) is 89.4 Å². The summed E-state index contributed by atoms with van der Waals surface area (Å²) in [5.41, 5.74) is 3.30. The molecular weight excluding hydrogens is 448 g/mol. The molecule has 1 nitrogen and oxygen atoms in total. The summed E-state index contributed by atoms with van der Waals surface area (Å²) in [5.74, 6) is 2.68. The van der Waals surface area contributed by atoms with Crippen LogP contribution in [0.5, 0.6) is 0 Å². The van der Waals surface area contributed by atoms with E-state index >= 15 is 0 Å². The normalized spacial score (nSPS) is 23.2. The van der Waals surface area contributed by atoms with Crippen LogP contribution >= 0.6 is 11.8 Å². The summed E-state index contributed by atoms with van der Waals surface area (Å²) in [7, 11) is -1.76. The summed E-state index contributed by atoms with van der Waals surface area (Å²) in [5, 5.41) is 2.66. The van der Waals surface area contributed by atoms with Crippen LogP contribution < -0.4 is 0 Å². The number of aryl methyl sites for hydroxylation is 1. The molecule has 34 heavy (non-hydrogen) atoms. The summed E-state index contributed by atoms with van der Waals surface area (Å²) >= 11 is 2.01. The van der Waals surface area contributed by atoms with Gasteiger partial charge in [-0.3, -0.25) is 0 Å². The summed E-state index contributed by atoms with van der Waals surface area (Å²) < 4.78 is 6.80. The first kappa shape index (κ1) is 27.8. The third-order valence-electron chi connectivity index (χ3n) is 9.50. The second-order valence-electron chi connectivity index (χ2n) is 11.7. The van der Waals surface area contributed by atoms with Crippen LogP contribution in [0.3, 0.4) is 0 Å². The van der Waals surface area contributed by atoms with Crippen molar-refractivity contribution in [3.05, 3.63) is 59.0 Å². The van der Waals surface area contributed by atoms with Crippen molar-refractivity contribution in [1.82, 2.24) is 0 Å². The lowest BCUT2D eigenvalue weighted by Crippen LogP contribution is -2.50. The molecule has 2 aliphatic rings. The molecule has 1 aliphatic heterocycles. The molecule has 1 aromatic rings. The lowest BCUT2D eigenvalue weighted by atomic mass is 9.70. The first-order chi connectivity index (χ1) is 16.3. The van der Waals surface area contributed by atoms with E-state index in [0.717, 1.165) is 18.9 Å². The van der Waals surface area contributed by atoms with Crippen molar-refractivity contribution in [1.29, 1.82) is 0 Å². The largest absolute Gasteiger partial charge is 0.416 e. The van der Waals surface area contributed by atoms with Crippen LogP contribution in [0, 0.1) is 17.3 Å². The predicted octanol–water partition coefficient (Wildman–Crippen LogP) is 9.59. The van der Waals surface area contributed by atoms with E-state index in [1.807, 2.05) is 11.8 Å². The van der Waals surface area contributed by atoms with Crippen molar-refractivity contribution in [2.75, 3.05) is 12.4 Å². The third kappa shape index (κ3) is 6.31. The van der Waals surface area contributed by atoms with Gasteiger partial charge in [-0.1, -0.05) is 84.0 Å². The van der Waals surface area contributed by atoms with Crippen LogP contribution in [0.15, 0.2) is 47.9 Å². The van der Waals surface area contributed by atoms with E-state index < -0.39 is 8.32 Å². The molecule has 1 heterocycles. The molecule has 0 fully saturated rings. The van der Waals surface area contributed by atoms with Crippen LogP contribution in [0.25, 0.3) is 0 Å². The Morgan fingerprint density at radius 3 is 2.29 bits per heavy atom. The Kier molecular flexibility index (Phi) is 10.2. The minimum absolute atomic E-state index is 0.304. The first-order valence-corrected chi connectivity index (χ1v) is 17.3. The van der Waals surface area contributed by atoms with Gasteiger partial charge in [-0.05, 0) is 90.4 Å². The van der Waals surface area contributed by atoms with Gasteiger partial charge in [-0.2, -0.15) is 0 Å². The summed E-state index contributed by atoms with van der Waals surface area (Å²) in [6, 6.07) is 11.8. The van der Waals surface area contributed by atoms with E-state index in [1.54, 1.807) is 0 Å². The van der Waals surface area contributed by atoms with E-state index in [4.69, 9.17) is 4.43 Å². The number of hydrogen-bond donors (Lipinski definition) is 0. The highest BCUT2D eigenvalue weighted by atomic mass is 32.2. The van der Waals surface area contributed by atoms with Gasteiger partial charge in [0.05, 0.1) is 0 Å². The lowest BCUT2D eigenvalue weighted by Gasteiger charge is -2.46. The van der Waals surface area contributed by atoms with E-state index in [0.29, 0.717) is 16.4 Å². The fourth-order valence-electron chi connectivity index (χ4n) is 6.23. The molecule has 3 rings (SSSR count). The molecule has 190 valence electrons. The highest BCUT2D eigenvalue weighted by Gasteiger charge is 2.48. The molecule has 0 bridgehead atoms. The monoisotopic (exact) mass is 498 g/mol. The van der Waals surface area contributed by atoms with E-state index in [1.165, 1.54) is 67.5 Å². The molecule has 2 unspecified atom stereocenters. The molecule has 0 saturated carbocycles. The molecule has 0 saturated heterocycles. The van der Waals surface area contributed by atoms with Crippen molar-refractivity contribution in [2.24, 2.45) is 17.3 Å². The average molecular weight is 499 g/mol. The minimum Gasteiger partial charge on any atom is -0.416 e. The molecule has 0 amide bonds. The van der Waals surface area contributed by atoms with Crippen molar-refractivity contribution in [2.45, 2.75) is 104 Å². The number of hydrogen-bond acceptors (Lipinski definition) is 2. The Bertz CT molecular complexity index is 805. The molecule has 2 atom stereocenters. The standard InChI is InChI=1S/C31H50OSSi/c1-7-34(8-2,30(5,6)26(3)4)32-23-20-28-18-16-27(17-19-28)13-12-21-31(22-24-33-25-31)29-14-10-9-11-15-29/h10,14,16-19,22,24,26,29H,7-9,11-13,15,20-21,23,25H2,1-6H3. The van der Waals surface area contributed by atoms with Crippen LogP contribution in [0.1, 0.15) is 84.8 Å². The fraction of sp³-hybridized carbons (Fsp3) is 0.677. The van der Waals surface area contributed by atoms with Gasteiger partial charge in [0.1, 0.15) is 0 Å². The van der Waals surface area contributed by atoms with Gasteiger partial charge in [0.15, 0.2) is 8.32 Å². The van der Waals surface area contributed by atoms with Crippen molar-refractivity contribution < 1.29 is 4.43 Å². The molecule has 0 aromatic heterocycles. The Balaban J connectivity index is 1.50. The summed E-state index contributed by atoms with van der Waals surface area (Å²) in [6.07, 6.45) is 16.3. The lowest BCUT2D eigenvalue weighted by molar-refractivity contribution is 0.260. The zero-order valence-corrected chi connectivity index (χ0v) is 24.7. The summed E-state index contributed by atoms with van der Waals surface area (Å²) in [6.45, 7) is 15.2. The van der Waals surface area contributed by atoms with Crippen LogP contribution in [-0.2, 0) is 17.3 Å². The molecule has 1 aliphatic carbocycles. The smallest absolute Gasteiger partial charge is 0.198 e. The van der Waals surface area contributed by atoms with Gasteiger partial charge >= 0.3 is 0 Å². The van der Waals surface area contributed by atoms with Gasteiger partial charge in [0.25, 0.3) is 0 Å². The minimum atomic E-state index is -1.76. The maximum Gasteiger partial charge on any atom is 0.198 e. The summed E-state index contributed by atoms with van der Waals surface area (Å²) in [4.78, 5) is 0. The second-order valence-corrected chi connectivity index (χ2v) is 17.5. The van der Waals surface area contributed by atoms with Crippen molar-refractivity contribution in [3.63, 3.8) is 0 Å². The molecular formula is C31H50OSSi. The topological polar surface area (TPSA) is 9.23 Å². The molecule has 0 radical (unpaired) electrons. The average Bonchev–Trinajstić information content (AvgIpc) is 3.33. The quantitative estimate of drug-likeness (QED) is 0.198. The first-order valence-electron chi connectivity index (χ1n) is 14.0. The number of allylic oxidation sites excluding steroid dienone is 3. The van der Waals surface area contributed by atoms with E-state index in [-0.39, 0.29) is 0 Å². The number of rotatable bonds is 13. The van der Waals surface area contributed by atoms with Gasteiger partial charge in [0, 0.05) is 17.8 Å². The van der Waals surface area contributed by atoms with Crippen molar-refractivity contribution >= 4 is 20.1 Å². The maximum atomic E-state index is 6.80. The number of benzene rings is 1. The van der Waals surface area contributed by atoms with Gasteiger partial charge in [-0.15, -0.1) is 11.8 Å². The Labute approximate surface area is 216 Å². The highest BCUT2D eigenvalue weighted by Crippen LogP contribution is 2.49. The Hall–Kier alpha value is -0.773. The van der Waals surface area contributed by atoms with E-state index in [9.17, 15) is 0 Å². The predicted molar refractivity (Wildman–Crippen MR) is 155 cm³/mol. The second kappa shape index (κ2) is 12.5. The fourth-order valence-corrected chi connectivity index (χ4v) is 12.1. The van der Waals surface area contributed by atoms with Crippen LogP contribution in [0.2, 0.25) is 17.1 Å². The molecule has 0 spiro atoms. The van der Waals surface area contributed by atoms with Gasteiger partial charge in [-0.25, -0.2) is 0 Å². The highest BCUT2D eigenvalue weighted by molar-refractivity contribution is 8.02. The zero-order chi connectivity index (χ0) is 24.7. The van der Waals surface area contributed by atoms with Crippen molar-refractivity contribution in [3.8, 4) is 0 Å². The molecule has 3 heteroatoms. The zero-order valence-electron chi connectivity index (χ0n) is 22.9. The molecule has 1 aromatic carbocycles. The third-order valence-corrected chi connectivity index (χ3v) is 16.5. The molecule has 0 N–H and O–H groups in total.